The zero-order chi connectivity index (χ0) is 25.9. The number of nitrogens with two attached hydrogens (primary N) is 1. The lowest BCUT2D eigenvalue weighted by Crippen LogP contribution is -2.60. The van der Waals surface area contributed by atoms with E-state index in [0.717, 1.165) is 0 Å². The SMILES string of the molecule is CCC(C)C(N)C(=O)NC(C(=O)NC(CCC(=O)O)C(=O)NC(CC(C)C)C(=O)O)C(C)O. The van der Waals surface area contributed by atoms with Crippen LogP contribution < -0.4 is 21.7 Å². The Labute approximate surface area is 193 Å². The molecule has 6 atom stereocenters. The first-order valence-electron chi connectivity index (χ1n) is 11.0. The summed E-state index contributed by atoms with van der Waals surface area (Å²) >= 11 is 0. The Morgan fingerprint density at radius 3 is 1.82 bits per heavy atom. The van der Waals surface area contributed by atoms with Gasteiger partial charge in [0.05, 0.1) is 12.1 Å². The number of hydrogen-bond acceptors (Lipinski definition) is 7. The number of carboxylic acids is 2. The van der Waals surface area contributed by atoms with E-state index in [1.165, 1.54) is 6.92 Å². The van der Waals surface area contributed by atoms with Gasteiger partial charge in [-0.15, -0.1) is 0 Å². The zero-order valence-electron chi connectivity index (χ0n) is 19.8. The van der Waals surface area contributed by atoms with E-state index in [1.807, 2.05) is 6.92 Å². The quantitative estimate of drug-likeness (QED) is 0.158. The maximum absolute atomic E-state index is 12.8. The van der Waals surface area contributed by atoms with Gasteiger partial charge < -0.3 is 37.0 Å². The van der Waals surface area contributed by atoms with Crippen LogP contribution in [0.3, 0.4) is 0 Å². The van der Waals surface area contributed by atoms with E-state index in [0.29, 0.717) is 6.42 Å². The van der Waals surface area contributed by atoms with Crippen molar-refractivity contribution >= 4 is 29.7 Å². The fraction of sp³-hybridized carbons (Fsp3) is 0.762. The number of aliphatic carboxylic acids is 2. The second-order valence-corrected chi connectivity index (χ2v) is 8.66. The molecule has 0 radical (unpaired) electrons. The Morgan fingerprint density at radius 1 is 0.848 bits per heavy atom. The van der Waals surface area contributed by atoms with Crippen molar-refractivity contribution in [2.45, 2.75) is 90.6 Å². The minimum absolute atomic E-state index is 0.0528. The number of amides is 3. The monoisotopic (exact) mass is 474 g/mol. The second kappa shape index (κ2) is 14.4. The standard InChI is InChI=1S/C21H38N4O8/c1-6-11(4)16(22)19(30)25-17(12(5)26)20(31)23-13(7-8-15(27)28)18(29)24-14(21(32)33)9-10(2)3/h10-14,16-17,26H,6-9,22H2,1-5H3,(H,23,31)(H,24,29)(H,25,30)(H,27,28)(H,32,33). The molecule has 0 aliphatic heterocycles. The Bertz CT molecular complexity index is 698. The van der Waals surface area contributed by atoms with Gasteiger partial charge in [-0.1, -0.05) is 34.1 Å². The van der Waals surface area contributed by atoms with Gasteiger partial charge in [-0.05, 0) is 31.6 Å². The molecular weight excluding hydrogens is 436 g/mol. The first-order valence-corrected chi connectivity index (χ1v) is 11.0. The lowest BCUT2D eigenvalue weighted by atomic mass is 9.98. The summed E-state index contributed by atoms with van der Waals surface area (Å²) in [4.78, 5) is 60.3. The molecule has 0 aliphatic carbocycles. The average Bonchev–Trinajstić information content (AvgIpc) is 2.71. The third kappa shape index (κ3) is 11.1. The van der Waals surface area contributed by atoms with Crippen LogP contribution in [0.25, 0.3) is 0 Å². The molecule has 0 saturated heterocycles. The van der Waals surface area contributed by atoms with Crippen molar-refractivity contribution in [1.29, 1.82) is 0 Å². The summed E-state index contributed by atoms with van der Waals surface area (Å²) in [5, 5.41) is 35.3. The van der Waals surface area contributed by atoms with Crippen LogP contribution in [-0.4, -0.2) is 75.3 Å². The van der Waals surface area contributed by atoms with Crippen molar-refractivity contribution in [3.8, 4) is 0 Å². The van der Waals surface area contributed by atoms with Crippen LogP contribution >= 0.6 is 0 Å². The van der Waals surface area contributed by atoms with E-state index < -0.39 is 66.4 Å². The van der Waals surface area contributed by atoms with Crippen LogP contribution in [-0.2, 0) is 24.0 Å². The molecule has 0 bridgehead atoms. The molecule has 0 aliphatic rings. The molecule has 0 aromatic carbocycles. The second-order valence-electron chi connectivity index (χ2n) is 8.66. The van der Waals surface area contributed by atoms with E-state index in [4.69, 9.17) is 10.8 Å². The maximum Gasteiger partial charge on any atom is 0.326 e. The molecule has 0 spiro atoms. The van der Waals surface area contributed by atoms with Crippen LogP contribution in [0.5, 0.6) is 0 Å². The summed E-state index contributed by atoms with van der Waals surface area (Å²) in [6.07, 6.45) is -1.42. The van der Waals surface area contributed by atoms with Crippen molar-refractivity contribution in [2.75, 3.05) is 0 Å². The maximum atomic E-state index is 12.8. The molecule has 0 saturated carbocycles. The van der Waals surface area contributed by atoms with E-state index in [9.17, 15) is 34.2 Å². The fourth-order valence-corrected chi connectivity index (χ4v) is 2.93. The summed E-state index contributed by atoms with van der Waals surface area (Å²) < 4.78 is 0. The Morgan fingerprint density at radius 2 is 1.39 bits per heavy atom. The van der Waals surface area contributed by atoms with Crippen LogP contribution in [0.1, 0.15) is 60.3 Å². The van der Waals surface area contributed by atoms with Crippen LogP contribution in [0.15, 0.2) is 0 Å². The zero-order valence-corrected chi connectivity index (χ0v) is 19.8. The van der Waals surface area contributed by atoms with Gasteiger partial charge in [-0.3, -0.25) is 19.2 Å². The van der Waals surface area contributed by atoms with E-state index in [2.05, 4.69) is 16.0 Å². The smallest absolute Gasteiger partial charge is 0.326 e. The molecule has 190 valence electrons. The molecule has 0 rings (SSSR count). The molecule has 6 unspecified atom stereocenters. The van der Waals surface area contributed by atoms with E-state index >= 15 is 0 Å². The van der Waals surface area contributed by atoms with Gasteiger partial charge in [0.1, 0.15) is 18.1 Å². The summed E-state index contributed by atoms with van der Waals surface area (Å²) in [5.74, 6) is -5.22. The average molecular weight is 475 g/mol. The molecule has 8 N–H and O–H groups in total. The summed E-state index contributed by atoms with van der Waals surface area (Å²) in [6.45, 7) is 8.39. The highest BCUT2D eigenvalue weighted by atomic mass is 16.4. The summed E-state index contributed by atoms with van der Waals surface area (Å²) in [6, 6.07) is -5.02. The Balaban J connectivity index is 5.54. The van der Waals surface area contributed by atoms with Crippen molar-refractivity contribution in [2.24, 2.45) is 17.6 Å². The lowest BCUT2D eigenvalue weighted by Gasteiger charge is -2.27. The number of rotatable bonds is 15. The number of carboxylic acid groups (broad SMARTS) is 2. The third-order valence-electron chi connectivity index (χ3n) is 5.22. The molecule has 12 nitrogen and oxygen atoms in total. The van der Waals surface area contributed by atoms with Gasteiger partial charge in [0.25, 0.3) is 0 Å². The molecular formula is C21H38N4O8. The number of hydrogen-bond donors (Lipinski definition) is 7. The number of aliphatic hydroxyl groups is 1. The molecule has 3 amide bonds. The molecule has 0 fully saturated rings. The lowest BCUT2D eigenvalue weighted by molar-refractivity contribution is -0.143. The van der Waals surface area contributed by atoms with Gasteiger partial charge >= 0.3 is 11.9 Å². The normalized spacial score (nSPS) is 16.6. The van der Waals surface area contributed by atoms with Crippen molar-refractivity contribution in [3.05, 3.63) is 0 Å². The van der Waals surface area contributed by atoms with Gasteiger partial charge in [0.2, 0.25) is 17.7 Å². The van der Waals surface area contributed by atoms with Gasteiger partial charge in [-0.2, -0.15) is 0 Å². The first-order chi connectivity index (χ1) is 15.2. The highest BCUT2D eigenvalue weighted by Crippen LogP contribution is 2.09. The molecule has 0 heterocycles. The largest absolute Gasteiger partial charge is 0.481 e. The Kier molecular flexibility index (Phi) is 13.2. The van der Waals surface area contributed by atoms with Crippen LogP contribution in [0.2, 0.25) is 0 Å². The van der Waals surface area contributed by atoms with Crippen molar-refractivity contribution in [1.82, 2.24) is 16.0 Å². The van der Waals surface area contributed by atoms with E-state index in [1.54, 1.807) is 20.8 Å². The number of nitrogens with one attached hydrogen (secondary N) is 3. The number of carbonyl (C=O) groups is 5. The number of aliphatic hydroxyl groups excluding tert-OH is 1. The molecule has 0 aromatic heterocycles. The number of carbonyl (C=O) groups excluding carboxylic acids is 3. The minimum atomic E-state index is -1.46. The highest BCUT2D eigenvalue weighted by molar-refractivity contribution is 5.94. The van der Waals surface area contributed by atoms with Crippen LogP contribution in [0.4, 0.5) is 0 Å². The summed E-state index contributed by atoms with van der Waals surface area (Å²) in [7, 11) is 0. The highest BCUT2D eigenvalue weighted by Gasteiger charge is 2.33. The molecule has 0 aromatic rings. The van der Waals surface area contributed by atoms with Crippen molar-refractivity contribution < 1.29 is 39.3 Å². The van der Waals surface area contributed by atoms with Gasteiger partial charge in [0, 0.05) is 6.42 Å². The minimum Gasteiger partial charge on any atom is -0.481 e. The fourth-order valence-electron chi connectivity index (χ4n) is 2.93. The van der Waals surface area contributed by atoms with E-state index in [-0.39, 0.29) is 24.7 Å². The predicted octanol–water partition coefficient (Wildman–Crippen LogP) is -0.809. The molecule has 33 heavy (non-hydrogen) atoms. The predicted molar refractivity (Wildman–Crippen MR) is 119 cm³/mol. The van der Waals surface area contributed by atoms with Gasteiger partial charge in [0.15, 0.2) is 0 Å². The Hall–Kier alpha value is -2.73. The van der Waals surface area contributed by atoms with Crippen LogP contribution in [0, 0.1) is 11.8 Å². The summed E-state index contributed by atoms with van der Waals surface area (Å²) in [5.41, 5.74) is 5.86. The topological polar surface area (TPSA) is 208 Å². The third-order valence-corrected chi connectivity index (χ3v) is 5.22. The van der Waals surface area contributed by atoms with Gasteiger partial charge in [-0.25, -0.2) is 4.79 Å². The first kappa shape index (κ1) is 30.3. The molecule has 12 heteroatoms. The van der Waals surface area contributed by atoms with Crippen molar-refractivity contribution in [3.63, 3.8) is 0 Å².